The third-order valence-electron chi connectivity index (χ3n) is 3.27. The molecule has 2 aromatic rings. The molecule has 1 aromatic heterocycles. The van der Waals surface area contributed by atoms with E-state index in [1.165, 1.54) is 43.9 Å². The van der Waals surface area contributed by atoms with Gasteiger partial charge in [0.1, 0.15) is 12.6 Å². The van der Waals surface area contributed by atoms with Crippen LogP contribution in [0.3, 0.4) is 0 Å². The van der Waals surface area contributed by atoms with E-state index in [4.69, 9.17) is 4.74 Å². The Kier molecular flexibility index (Phi) is 6.04. The van der Waals surface area contributed by atoms with Crippen LogP contribution in [0, 0.1) is 10.1 Å². The van der Waals surface area contributed by atoms with Gasteiger partial charge in [-0.25, -0.2) is 14.6 Å². The molecule has 1 aromatic carbocycles. The number of imidazole rings is 1. The van der Waals surface area contributed by atoms with Crippen molar-refractivity contribution in [3.63, 3.8) is 0 Å². The van der Waals surface area contributed by atoms with E-state index in [0.29, 0.717) is 11.3 Å². The van der Waals surface area contributed by atoms with Crippen LogP contribution in [-0.4, -0.2) is 40.1 Å². The lowest BCUT2D eigenvalue weighted by Crippen LogP contribution is -2.43. The number of alkyl carbamates (subject to hydrolysis) is 1. The van der Waals surface area contributed by atoms with E-state index in [1.807, 2.05) is 0 Å². The van der Waals surface area contributed by atoms with Crippen molar-refractivity contribution in [1.29, 1.82) is 0 Å². The third-order valence-corrected chi connectivity index (χ3v) is 3.27. The number of esters is 1. The second-order valence-corrected chi connectivity index (χ2v) is 5.00. The molecular formula is C15H16N4O6. The average molecular weight is 348 g/mol. The number of ether oxygens (including phenoxy) is 2. The molecular weight excluding hydrogens is 332 g/mol. The number of nitro groups is 1. The predicted molar refractivity (Wildman–Crippen MR) is 84.5 cm³/mol. The molecule has 1 heterocycles. The highest BCUT2D eigenvalue weighted by Gasteiger charge is 2.23. The van der Waals surface area contributed by atoms with Crippen molar-refractivity contribution in [2.24, 2.45) is 0 Å². The summed E-state index contributed by atoms with van der Waals surface area (Å²) in [6, 6.07) is 4.65. The SMILES string of the molecule is COC(=O)[C@H](Cc1cnc[nH]1)NC(=O)OCc1ccc([N+](=O)[O-])cc1. The molecule has 0 radical (unpaired) electrons. The van der Waals surface area contributed by atoms with Crippen molar-refractivity contribution in [1.82, 2.24) is 15.3 Å². The number of hydrogen-bond acceptors (Lipinski definition) is 7. The summed E-state index contributed by atoms with van der Waals surface area (Å²) >= 11 is 0. The highest BCUT2D eigenvalue weighted by Crippen LogP contribution is 2.12. The topological polar surface area (TPSA) is 136 Å². The molecule has 10 heteroatoms. The van der Waals surface area contributed by atoms with Crippen LogP contribution in [0.2, 0.25) is 0 Å². The summed E-state index contributed by atoms with van der Waals surface area (Å²) < 4.78 is 9.67. The number of rotatable bonds is 7. The van der Waals surface area contributed by atoms with Crippen molar-refractivity contribution >= 4 is 17.7 Å². The zero-order chi connectivity index (χ0) is 18.2. The number of nitro benzene ring substituents is 1. The standard InChI is InChI=1S/C15H16N4O6/c1-24-14(20)13(6-11-7-16-9-17-11)18-15(21)25-8-10-2-4-12(5-3-10)19(22)23/h2-5,7,9,13H,6,8H2,1H3,(H,16,17)(H,18,21)/t13-/m0/s1. The van der Waals surface area contributed by atoms with Gasteiger partial charge in [-0.3, -0.25) is 10.1 Å². The van der Waals surface area contributed by atoms with E-state index in [2.05, 4.69) is 20.0 Å². The number of nitrogens with one attached hydrogen (secondary N) is 2. The molecule has 1 amide bonds. The van der Waals surface area contributed by atoms with Gasteiger partial charge >= 0.3 is 12.1 Å². The fraction of sp³-hybridized carbons (Fsp3) is 0.267. The Labute approximate surface area is 142 Å². The number of aromatic amines is 1. The number of carbonyl (C=O) groups is 2. The molecule has 0 unspecified atom stereocenters. The fourth-order valence-corrected chi connectivity index (χ4v) is 2.00. The highest BCUT2D eigenvalue weighted by molar-refractivity contribution is 5.81. The number of H-pyrrole nitrogens is 1. The van der Waals surface area contributed by atoms with E-state index in [1.54, 1.807) is 0 Å². The maximum atomic E-state index is 11.9. The summed E-state index contributed by atoms with van der Waals surface area (Å²) in [6.45, 7) is -0.0955. The van der Waals surface area contributed by atoms with Gasteiger partial charge in [0.25, 0.3) is 5.69 Å². The van der Waals surface area contributed by atoms with Crippen molar-refractivity contribution in [3.05, 3.63) is 58.2 Å². The minimum atomic E-state index is -0.935. The first-order chi connectivity index (χ1) is 12.0. The van der Waals surface area contributed by atoms with Crippen LogP contribution in [0.1, 0.15) is 11.3 Å². The second-order valence-electron chi connectivity index (χ2n) is 5.00. The quantitative estimate of drug-likeness (QED) is 0.437. The molecule has 132 valence electrons. The van der Waals surface area contributed by atoms with Gasteiger partial charge in [-0.15, -0.1) is 0 Å². The Morgan fingerprint density at radius 3 is 2.64 bits per heavy atom. The van der Waals surface area contributed by atoms with Crippen LogP contribution in [0.25, 0.3) is 0 Å². The van der Waals surface area contributed by atoms with Gasteiger partial charge in [0.15, 0.2) is 0 Å². The number of amides is 1. The first-order valence-electron chi connectivity index (χ1n) is 7.21. The molecule has 0 saturated carbocycles. The van der Waals surface area contributed by atoms with Crippen molar-refractivity contribution in [3.8, 4) is 0 Å². The van der Waals surface area contributed by atoms with E-state index in [-0.39, 0.29) is 18.7 Å². The monoisotopic (exact) mass is 348 g/mol. The molecule has 0 saturated heterocycles. The summed E-state index contributed by atoms with van der Waals surface area (Å²) in [5.41, 5.74) is 1.16. The number of non-ortho nitro benzene ring substituents is 1. The fourth-order valence-electron chi connectivity index (χ4n) is 2.00. The lowest BCUT2D eigenvalue weighted by molar-refractivity contribution is -0.384. The summed E-state index contributed by atoms with van der Waals surface area (Å²) in [5, 5.41) is 13.0. The lowest BCUT2D eigenvalue weighted by Gasteiger charge is -2.15. The van der Waals surface area contributed by atoms with E-state index < -0.39 is 23.0 Å². The predicted octanol–water partition coefficient (Wildman–Crippen LogP) is 1.33. The molecule has 2 rings (SSSR count). The van der Waals surface area contributed by atoms with Crippen LogP contribution < -0.4 is 5.32 Å². The molecule has 0 spiro atoms. The molecule has 0 aliphatic heterocycles. The Hall–Kier alpha value is -3.43. The second kappa shape index (κ2) is 8.43. The van der Waals surface area contributed by atoms with Gasteiger partial charge in [0.2, 0.25) is 0 Å². The zero-order valence-corrected chi connectivity index (χ0v) is 13.3. The van der Waals surface area contributed by atoms with Crippen LogP contribution in [0.15, 0.2) is 36.8 Å². The third kappa shape index (κ3) is 5.30. The summed E-state index contributed by atoms with van der Waals surface area (Å²) in [6.07, 6.45) is 2.34. The number of nitrogens with zero attached hydrogens (tertiary/aromatic N) is 2. The number of hydrogen-bond donors (Lipinski definition) is 2. The summed E-state index contributed by atoms with van der Waals surface area (Å²) in [5.74, 6) is -0.623. The van der Waals surface area contributed by atoms with Crippen molar-refractivity contribution in [2.45, 2.75) is 19.1 Å². The lowest BCUT2D eigenvalue weighted by atomic mass is 10.1. The Morgan fingerprint density at radius 1 is 1.36 bits per heavy atom. The number of methoxy groups -OCH3 is 1. The zero-order valence-electron chi connectivity index (χ0n) is 13.3. The van der Waals surface area contributed by atoms with Gasteiger partial charge in [-0.2, -0.15) is 0 Å². The minimum Gasteiger partial charge on any atom is -0.467 e. The minimum absolute atomic E-state index is 0.0569. The van der Waals surface area contributed by atoms with Crippen molar-refractivity contribution < 1.29 is 24.0 Å². The normalized spacial score (nSPS) is 11.4. The van der Waals surface area contributed by atoms with E-state index in [9.17, 15) is 19.7 Å². The number of carbonyl (C=O) groups excluding carboxylic acids is 2. The molecule has 2 N–H and O–H groups in total. The molecule has 0 fully saturated rings. The maximum absolute atomic E-state index is 11.9. The summed E-state index contributed by atoms with van der Waals surface area (Å²) in [4.78, 5) is 40.4. The smallest absolute Gasteiger partial charge is 0.408 e. The number of aromatic nitrogens is 2. The Balaban J connectivity index is 1.89. The van der Waals surface area contributed by atoms with E-state index >= 15 is 0 Å². The van der Waals surface area contributed by atoms with Crippen LogP contribution in [0.4, 0.5) is 10.5 Å². The molecule has 0 aliphatic carbocycles. The van der Waals surface area contributed by atoms with Crippen LogP contribution >= 0.6 is 0 Å². The van der Waals surface area contributed by atoms with Gasteiger partial charge in [-0.05, 0) is 17.7 Å². The maximum Gasteiger partial charge on any atom is 0.408 e. The molecule has 0 bridgehead atoms. The van der Waals surface area contributed by atoms with E-state index in [0.717, 1.165) is 0 Å². The van der Waals surface area contributed by atoms with Crippen LogP contribution in [-0.2, 0) is 27.3 Å². The molecule has 25 heavy (non-hydrogen) atoms. The Bertz CT molecular complexity index is 729. The summed E-state index contributed by atoms with van der Waals surface area (Å²) in [7, 11) is 1.21. The largest absolute Gasteiger partial charge is 0.467 e. The van der Waals surface area contributed by atoms with Gasteiger partial charge in [0, 0.05) is 30.4 Å². The van der Waals surface area contributed by atoms with Gasteiger partial charge < -0.3 is 19.8 Å². The first-order valence-corrected chi connectivity index (χ1v) is 7.21. The molecule has 1 atom stereocenters. The average Bonchev–Trinajstić information content (AvgIpc) is 3.12. The van der Waals surface area contributed by atoms with Gasteiger partial charge in [0.05, 0.1) is 18.4 Å². The number of benzene rings is 1. The Morgan fingerprint density at radius 2 is 2.08 bits per heavy atom. The molecule has 0 aliphatic rings. The highest BCUT2D eigenvalue weighted by atomic mass is 16.6. The first kappa shape index (κ1) is 17.9. The molecule has 10 nitrogen and oxygen atoms in total. The van der Waals surface area contributed by atoms with Crippen LogP contribution in [0.5, 0.6) is 0 Å². The van der Waals surface area contributed by atoms with Gasteiger partial charge in [-0.1, -0.05) is 0 Å². The van der Waals surface area contributed by atoms with Crippen molar-refractivity contribution in [2.75, 3.05) is 7.11 Å².